The third-order valence-electron chi connectivity index (χ3n) is 8.45. The minimum absolute atomic E-state index is 0.0204. The summed E-state index contributed by atoms with van der Waals surface area (Å²) in [7, 11) is 0. The first kappa shape index (κ1) is 44.6. The molecule has 0 heterocycles. The van der Waals surface area contributed by atoms with Crippen molar-refractivity contribution in [3.8, 4) is 5.75 Å². The minimum atomic E-state index is -1.32. The molecule has 0 aliphatic carbocycles. The number of amides is 6. The van der Waals surface area contributed by atoms with Gasteiger partial charge < -0.3 is 53.0 Å². The van der Waals surface area contributed by atoms with Crippen molar-refractivity contribution in [3.05, 3.63) is 102 Å². The smallest absolute Gasteiger partial charge is 0.322 e. The van der Waals surface area contributed by atoms with Gasteiger partial charge in [0.25, 0.3) is 0 Å². The van der Waals surface area contributed by atoms with Gasteiger partial charge >= 0.3 is 11.9 Å². The summed E-state index contributed by atoms with van der Waals surface area (Å²) >= 11 is 0. The van der Waals surface area contributed by atoms with Crippen LogP contribution in [0.5, 0.6) is 5.75 Å². The number of nitrogens with two attached hydrogens (primary N) is 1. The summed E-state index contributed by atoms with van der Waals surface area (Å²) < 4.78 is 0. The zero-order valence-electron chi connectivity index (χ0n) is 31.1. The fourth-order valence-corrected chi connectivity index (χ4v) is 5.39. The Morgan fingerprint density at radius 2 is 0.982 bits per heavy atom. The standard InChI is InChI=1S/C39H47N7O11/c1-23(35(53)44-29(38(56)42-22-34(51)52)18-24-8-4-2-5-9-24)43-32(48)21-41-37(55)30(20-26-12-14-27(47)15-13-26)46-39(57)31(19-25-10-6-3-7-11-25)45-36(54)28(40)16-17-33(49)50/h2-15,23,28-31,47H,16-22,40H2,1H3,(H,41,55)(H,42,56)(H,43,48)(H,44,53)(H,45,54)(H,46,57)(H,49,50)(H,51,52)/t23-,28-,29-,30-,31-/m0/s1. The lowest BCUT2D eigenvalue weighted by atomic mass is 10.0. The van der Waals surface area contributed by atoms with E-state index in [9.17, 15) is 43.5 Å². The molecule has 3 aromatic carbocycles. The Balaban J connectivity index is 1.70. The fraction of sp³-hybridized carbons (Fsp3) is 0.333. The highest BCUT2D eigenvalue weighted by molar-refractivity contribution is 5.96. The SMILES string of the molecule is C[C@H](NC(=O)CNC(=O)[C@H](Cc1ccc(O)cc1)NC(=O)[C@H](Cc1ccccc1)NC(=O)[C@@H](N)CCC(=O)O)C(=O)N[C@@H](Cc1ccccc1)C(=O)NCC(=O)O. The predicted molar refractivity (Wildman–Crippen MR) is 204 cm³/mol. The highest BCUT2D eigenvalue weighted by Crippen LogP contribution is 2.13. The normalized spacial score (nSPS) is 13.3. The maximum atomic E-state index is 13.8. The molecule has 57 heavy (non-hydrogen) atoms. The lowest BCUT2D eigenvalue weighted by Crippen LogP contribution is -2.58. The number of benzene rings is 3. The summed E-state index contributed by atoms with van der Waals surface area (Å²) in [6, 6.07) is 16.9. The second-order valence-corrected chi connectivity index (χ2v) is 13.1. The van der Waals surface area contributed by atoms with Gasteiger partial charge in [-0.1, -0.05) is 72.8 Å². The molecule has 0 aliphatic rings. The van der Waals surface area contributed by atoms with Gasteiger partial charge in [-0.25, -0.2) is 0 Å². The van der Waals surface area contributed by atoms with Crippen LogP contribution in [0.15, 0.2) is 84.9 Å². The van der Waals surface area contributed by atoms with Crippen molar-refractivity contribution in [1.29, 1.82) is 0 Å². The fourth-order valence-electron chi connectivity index (χ4n) is 5.39. The number of rotatable bonds is 22. The number of hydrogen-bond donors (Lipinski definition) is 10. The Kier molecular flexibility index (Phi) is 17.6. The van der Waals surface area contributed by atoms with Crippen molar-refractivity contribution in [3.63, 3.8) is 0 Å². The van der Waals surface area contributed by atoms with Crippen LogP contribution >= 0.6 is 0 Å². The van der Waals surface area contributed by atoms with Crippen LogP contribution in [0.1, 0.15) is 36.5 Å². The topological polar surface area (TPSA) is 295 Å². The Bertz CT molecular complexity index is 1860. The molecule has 0 radical (unpaired) electrons. The van der Waals surface area contributed by atoms with Crippen molar-refractivity contribution in [1.82, 2.24) is 31.9 Å². The zero-order valence-corrected chi connectivity index (χ0v) is 31.1. The second kappa shape index (κ2) is 22.5. The van der Waals surface area contributed by atoms with Crippen LogP contribution in [0.3, 0.4) is 0 Å². The first-order valence-corrected chi connectivity index (χ1v) is 17.9. The Hall–Kier alpha value is -6.82. The quantitative estimate of drug-likeness (QED) is 0.0580. The summed E-state index contributed by atoms with van der Waals surface area (Å²) in [4.78, 5) is 101. The molecule has 3 rings (SSSR count). The first-order chi connectivity index (χ1) is 27.1. The van der Waals surface area contributed by atoms with Crippen LogP contribution < -0.4 is 37.6 Å². The van der Waals surface area contributed by atoms with E-state index in [1.54, 1.807) is 60.7 Å². The van der Waals surface area contributed by atoms with Crippen molar-refractivity contribution in [2.75, 3.05) is 13.1 Å². The van der Waals surface area contributed by atoms with Crippen LogP contribution in [0.25, 0.3) is 0 Å². The molecule has 5 atom stereocenters. The Labute approximate surface area is 328 Å². The molecule has 0 aromatic heterocycles. The molecule has 18 nitrogen and oxygen atoms in total. The van der Waals surface area contributed by atoms with Gasteiger partial charge in [-0.3, -0.25) is 38.4 Å². The minimum Gasteiger partial charge on any atom is -0.508 e. The van der Waals surface area contributed by atoms with E-state index in [4.69, 9.17) is 15.9 Å². The van der Waals surface area contributed by atoms with Gasteiger partial charge in [-0.2, -0.15) is 0 Å². The molecular weight excluding hydrogens is 742 g/mol. The van der Waals surface area contributed by atoms with Crippen LogP contribution in [0.2, 0.25) is 0 Å². The molecule has 0 unspecified atom stereocenters. The van der Waals surface area contributed by atoms with Crippen LogP contribution in [-0.4, -0.2) is 106 Å². The van der Waals surface area contributed by atoms with Crippen molar-refractivity contribution in [2.24, 2.45) is 5.73 Å². The number of carbonyl (C=O) groups excluding carboxylic acids is 6. The summed E-state index contributed by atoms with van der Waals surface area (Å²) in [5, 5.41) is 42.5. The molecule has 0 aliphatic heterocycles. The number of carbonyl (C=O) groups is 8. The van der Waals surface area contributed by atoms with Gasteiger partial charge in [-0.05, 0) is 42.2 Å². The molecule has 0 fully saturated rings. The molecule has 0 bridgehead atoms. The van der Waals surface area contributed by atoms with Gasteiger partial charge in [-0.15, -0.1) is 0 Å². The van der Waals surface area contributed by atoms with Gasteiger partial charge in [0, 0.05) is 25.7 Å². The number of carboxylic acids is 2. The van der Waals surface area contributed by atoms with Crippen molar-refractivity contribution >= 4 is 47.4 Å². The number of aromatic hydroxyl groups is 1. The lowest BCUT2D eigenvalue weighted by molar-refractivity contribution is -0.138. The van der Waals surface area contributed by atoms with E-state index in [1.165, 1.54) is 31.2 Å². The van der Waals surface area contributed by atoms with Crippen LogP contribution in [-0.2, 0) is 57.6 Å². The van der Waals surface area contributed by atoms with Gasteiger partial charge in [0.15, 0.2) is 0 Å². The van der Waals surface area contributed by atoms with Crippen LogP contribution in [0, 0.1) is 0 Å². The van der Waals surface area contributed by atoms with E-state index in [2.05, 4.69) is 31.9 Å². The zero-order chi connectivity index (χ0) is 41.9. The largest absolute Gasteiger partial charge is 0.508 e. The van der Waals surface area contributed by atoms with Gasteiger partial charge in [0.1, 0.15) is 36.5 Å². The number of phenols is 1. The first-order valence-electron chi connectivity index (χ1n) is 17.9. The number of nitrogens with one attached hydrogen (secondary N) is 6. The number of hydrogen-bond acceptors (Lipinski definition) is 10. The molecule has 0 spiro atoms. The summed E-state index contributed by atoms with van der Waals surface area (Å²) in [6.45, 7) is 0.0190. The Morgan fingerprint density at radius 3 is 1.47 bits per heavy atom. The highest BCUT2D eigenvalue weighted by Gasteiger charge is 2.30. The average molecular weight is 790 g/mol. The third kappa shape index (κ3) is 16.2. The molecule has 6 amide bonds. The average Bonchev–Trinajstić information content (AvgIpc) is 3.18. The van der Waals surface area contributed by atoms with E-state index in [1.807, 2.05) is 0 Å². The maximum Gasteiger partial charge on any atom is 0.322 e. The van der Waals surface area contributed by atoms with E-state index < -0.39 is 90.7 Å². The number of phenolic OH excluding ortho intramolecular Hbond substituents is 1. The van der Waals surface area contributed by atoms with Crippen molar-refractivity contribution in [2.45, 2.75) is 69.2 Å². The molecule has 0 saturated heterocycles. The summed E-state index contributed by atoms with van der Waals surface area (Å²) in [6.07, 6.45) is -0.680. The van der Waals surface area contributed by atoms with E-state index >= 15 is 0 Å². The molecule has 18 heteroatoms. The summed E-state index contributed by atoms with van der Waals surface area (Å²) in [5.74, 6) is -7.20. The molecule has 11 N–H and O–H groups in total. The van der Waals surface area contributed by atoms with E-state index in [0.717, 1.165) is 0 Å². The predicted octanol–water partition coefficient (Wildman–Crippen LogP) is -1.11. The van der Waals surface area contributed by atoms with Crippen LogP contribution in [0.4, 0.5) is 0 Å². The maximum absolute atomic E-state index is 13.8. The lowest BCUT2D eigenvalue weighted by Gasteiger charge is -2.25. The van der Waals surface area contributed by atoms with E-state index in [0.29, 0.717) is 16.7 Å². The number of carboxylic acid groups (broad SMARTS) is 2. The Morgan fingerprint density at radius 1 is 0.544 bits per heavy atom. The molecule has 3 aromatic rings. The number of aliphatic carboxylic acids is 2. The third-order valence-corrected chi connectivity index (χ3v) is 8.45. The highest BCUT2D eigenvalue weighted by atomic mass is 16.4. The summed E-state index contributed by atoms with van der Waals surface area (Å²) in [5.41, 5.74) is 7.73. The van der Waals surface area contributed by atoms with Crippen molar-refractivity contribution < 1.29 is 53.7 Å². The van der Waals surface area contributed by atoms with Gasteiger partial charge in [0.05, 0.1) is 12.6 Å². The molecule has 0 saturated carbocycles. The van der Waals surface area contributed by atoms with E-state index in [-0.39, 0.29) is 37.9 Å². The molecular formula is C39H47N7O11. The second-order valence-electron chi connectivity index (χ2n) is 13.1. The van der Waals surface area contributed by atoms with Gasteiger partial charge in [0.2, 0.25) is 35.4 Å². The molecule has 304 valence electrons. The monoisotopic (exact) mass is 789 g/mol.